The first-order chi connectivity index (χ1) is 15.2. The molecule has 0 aliphatic heterocycles. The lowest BCUT2D eigenvalue weighted by Gasteiger charge is -2.07. The van der Waals surface area contributed by atoms with Crippen molar-refractivity contribution >= 4 is 34.6 Å². The molecule has 7 nitrogen and oxygen atoms in total. The minimum Gasteiger partial charge on any atom is -0.469 e. The number of carbonyl (C=O) groups excluding carboxylic acids is 1. The molecule has 0 saturated heterocycles. The summed E-state index contributed by atoms with van der Waals surface area (Å²) in [6.45, 7) is 0.926. The Morgan fingerprint density at radius 3 is 2.03 bits per heavy atom. The molecule has 2 heterocycles. The molecule has 174 valence electrons. The number of halogens is 1. The van der Waals surface area contributed by atoms with Crippen molar-refractivity contribution in [1.82, 2.24) is 19.5 Å². The zero-order chi connectivity index (χ0) is 22.3. The summed E-state index contributed by atoms with van der Waals surface area (Å²) in [6.07, 6.45) is 18.7. The summed E-state index contributed by atoms with van der Waals surface area (Å²) in [6, 6.07) is 0. The first-order valence-corrected chi connectivity index (χ1v) is 12.2. The minimum absolute atomic E-state index is 0.0851. The second kappa shape index (κ2) is 15.0. The first-order valence-electron chi connectivity index (χ1n) is 11.8. The van der Waals surface area contributed by atoms with Gasteiger partial charge in [0, 0.05) is 20.0 Å². The molecule has 1 N–H and O–H groups in total. The molecule has 31 heavy (non-hydrogen) atoms. The highest BCUT2D eigenvalue weighted by molar-refractivity contribution is 6.28. The number of esters is 1. The lowest BCUT2D eigenvalue weighted by molar-refractivity contribution is -0.140. The number of anilines is 1. The maximum absolute atomic E-state index is 11.0. The van der Waals surface area contributed by atoms with Crippen LogP contribution in [0.15, 0.2) is 6.33 Å². The first kappa shape index (κ1) is 25.4. The third kappa shape index (κ3) is 9.42. The second-order valence-electron chi connectivity index (χ2n) is 8.12. The molecular weight excluding hydrogens is 414 g/mol. The number of carbonyl (C=O) groups is 1. The van der Waals surface area contributed by atoms with E-state index in [1.165, 1.54) is 71.3 Å². The van der Waals surface area contributed by atoms with Gasteiger partial charge in [-0.3, -0.25) is 4.79 Å². The van der Waals surface area contributed by atoms with Gasteiger partial charge in [0.05, 0.1) is 13.4 Å². The van der Waals surface area contributed by atoms with Gasteiger partial charge in [0.1, 0.15) is 5.52 Å². The molecule has 0 amide bonds. The Kier molecular flexibility index (Phi) is 12.3. The number of imidazole rings is 1. The van der Waals surface area contributed by atoms with Crippen LogP contribution in [0.2, 0.25) is 5.28 Å². The van der Waals surface area contributed by atoms with Crippen LogP contribution in [-0.2, 0) is 16.1 Å². The highest BCUT2D eigenvalue weighted by Crippen LogP contribution is 2.22. The largest absolute Gasteiger partial charge is 0.469 e. The number of aryl methyl sites for hydroxylation is 1. The van der Waals surface area contributed by atoms with Crippen molar-refractivity contribution in [2.24, 2.45) is 0 Å². The van der Waals surface area contributed by atoms with Crippen LogP contribution in [0.25, 0.3) is 11.2 Å². The van der Waals surface area contributed by atoms with E-state index in [2.05, 4.69) is 29.6 Å². The zero-order valence-electron chi connectivity index (χ0n) is 19.2. The molecule has 2 rings (SSSR count). The summed E-state index contributed by atoms with van der Waals surface area (Å²) >= 11 is 5.94. The van der Waals surface area contributed by atoms with Crippen molar-refractivity contribution in [3.63, 3.8) is 0 Å². The molecule has 2 aromatic rings. The average Bonchev–Trinajstić information content (AvgIpc) is 3.18. The number of fused-ring (bicyclic) bond motifs is 1. The fourth-order valence-corrected chi connectivity index (χ4v) is 4.06. The van der Waals surface area contributed by atoms with Crippen molar-refractivity contribution in [1.29, 1.82) is 0 Å². The van der Waals surface area contributed by atoms with Gasteiger partial charge < -0.3 is 14.6 Å². The summed E-state index contributed by atoms with van der Waals surface area (Å²) in [5.41, 5.74) is 1.57. The lowest BCUT2D eigenvalue weighted by atomic mass is 10.0. The Balaban J connectivity index is 1.44. The van der Waals surface area contributed by atoms with Gasteiger partial charge in [-0.15, -0.1) is 0 Å². The number of hydrogen-bond donors (Lipinski definition) is 1. The average molecular weight is 452 g/mol. The maximum atomic E-state index is 11.0. The van der Waals surface area contributed by atoms with E-state index in [0.717, 1.165) is 37.1 Å². The number of nitrogens with one attached hydrogen (secondary N) is 1. The highest BCUT2D eigenvalue weighted by Gasteiger charge is 2.11. The molecule has 0 aliphatic carbocycles. The van der Waals surface area contributed by atoms with E-state index in [0.29, 0.717) is 12.1 Å². The van der Waals surface area contributed by atoms with Gasteiger partial charge in [-0.05, 0) is 24.4 Å². The normalized spacial score (nSPS) is 11.2. The highest BCUT2D eigenvalue weighted by atomic mass is 35.5. The van der Waals surface area contributed by atoms with E-state index < -0.39 is 0 Å². The molecule has 0 spiro atoms. The molecule has 0 radical (unpaired) electrons. The summed E-state index contributed by atoms with van der Waals surface area (Å²) in [7, 11) is 3.29. The van der Waals surface area contributed by atoms with Crippen molar-refractivity contribution in [3.8, 4) is 0 Å². The number of methoxy groups -OCH3 is 1. The third-order valence-corrected chi connectivity index (χ3v) is 5.86. The van der Waals surface area contributed by atoms with Gasteiger partial charge >= 0.3 is 5.97 Å². The second-order valence-corrected chi connectivity index (χ2v) is 8.46. The standard InChI is InChI=1S/C23H38ClN5O2/c1-25-21-20-22(28-23(24)27-21)26-18-29(20)17-15-13-11-9-7-5-3-4-6-8-10-12-14-16-19(30)31-2/h18H,3-17H2,1-2H3,(H,25,27,28). The van der Waals surface area contributed by atoms with Gasteiger partial charge in [0.25, 0.3) is 0 Å². The lowest BCUT2D eigenvalue weighted by Crippen LogP contribution is -2.02. The predicted octanol–water partition coefficient (Wildman–Crippen LogP) is 6.16. The summed E-state index contributed by atoms with van der Waals surface area (Å²) in [5.74, 6) is 0.645. The van der Waals surface area contributed by atoms with Crippen molar-refractivity contribution in [3.05, 3.63) is 11.6 Å². The monoisotopic (exact) mass is 451 g/mol. The summed E-state index contributed by atoms with van der Waals surface area (Å²) < 4.78 is 6.77. The molecule has 0 aromatic carbocycles. The maximum Gasteiger partial charge on any atom is 0.305 e. The van der Waals surface area contributed by atoms with E-state index in [1.54, 1.807) is 0 Å². The zero-order valence-corrected chi connectivity index (χ0v) is 19.9. The van der Waals surface area contributed by atoms with E-state index in [1.807, 2.05) is 13.4 Å². The Morgan fingerprint density at radius 1 is 0.935 bits per heavy atom. The fourth-order valence-electron chi connectivity index (χ4n) is 3.89. The number of ether oxygens (including phenoxy) is 1. The Hall–Kier alpha value is -1.89. The quantitative estimate of drug-likeness (QED) is 0.176. The number of aromatic nitrogens is 4. The van der Waals surface area contributed by atoms with Crippen molar-refractivity contribution < 1.29 is 9.53 Å². The summed E-state index contributed by atoms with van der Waals surface area (Å²) in [4.78, 5) is 23.8. The van der Waals surface area contributed by atoms with Crippen molar-refractivity contribution in [2.45, 2.75) is 96.4 Å². The van der Waals surface area contributed by atoms with Gasteiger partial charge in [-0.25, -0.2) is 4.98 Å². The SMILES string of the molecule is CNc1nc(Cl)nc2ncn(CCCCCCCCCCCCCCCC(=O)OC)c12. The molecule has 0 saturated carbocycles. The smallest absolute Gasteiger partial charge is 0.305 e. The van der Waals surface area contributed by atoms with Crippen LogP contribution < -0.4 is 5.32 Å². The predicted molar refractivity (Wildman–Crippen MR) is 127 cm³/mol. The number of nitrogens with zero attached hydrogens (tertiary/aromatic N) is 4. The van der Waals surface area contributed by atoms with Gasteiger partial charge in [0.2, 0.25) is 5.28 Å². The molecule has 0 atom stereocenters. The van der Waals surface area contributed by atoms with Crippen LogP contribution in [0.1, 0.15) is 89.9 Å². The van der Waals surface area contributed by atoms with Gasteiger partial charge in [-0.1, -0.05) is 70.6 Å². The van der Waals surface area contributed by atoms with Gasteiger partial charge in [-0.2, -0.15) is 9.97 Å². The Labute approximate surface area is 191 Å². The van der Waals surface area contributed by atoms with Crippen LogP contribution in [0.3, 0.4) is 0 Å². The van der Waals surface area contributed by atoms with E-state index >= 15 is 0 Å². The van der Waals surface area contributed by atoms with Crippen LogP contribution in [0, 0.1) is 0 Å². The van der Waals surface area contributed by atoms with E-state index in [-0.39, 0.29) is 11.3 Å². The van der Waals surface area contributed by atoms with E-state index in [4.69, 9.17) is 11.6 Å². The molecule has 0 aliphatic rings. The van der Waals surface area contributed by atoms with Crippen LogP contribution in [0.5, 0.6) is 0 Å². The number of hydrogen-bond acceptors (Lipinski definition) is 6. The Bertz CT molecular complexity index is 781. The number of rotatable bonds is 17. The molecule has 2 aromatic heterocycles. The van der Waals surface area contributed by atoms with Crippen LogP contribution >= 0.6 is 11.6 Å². The van der Waals surface area contributed by atoms with Crippen molar-refractivity contribution in [2.75, 3.05) is 19.5 Å². The third-order valence-electron chi connectivity index (χ3n) is 5.69. The van der Waals surface area contributed by atoms with Crippen LogP contribution in [0.4, 0.5) is 5.82 Å². The fraction of sp³-hybridized carbons (Fsp3) is 0.739. The van der Waals surface area contributed by atoms with Crippen LogP contribution in [-0.4, -0.2) is 39.6 Å². The minimum atomic E-state index is -0.0851. The molecule has 0 bridgehead atoms. The van der Waals surface area contributed by atoms with E-state index in [9.17, 15) is 4.79 Å². The summed E-state index contributed by atoms with van der Waals surface area (Å²) in [5, 5.41) is 3.30. The molecule has 0 fully saturated rings. The molecular formula is C23H38ClN5O2. The van der Waals surface area contributed by atoms with Gasteiger partial charge in [0.15, 0.2) is 11.5 Å². The molecule has 0 unspecified atom stereocenters. The topological polar surface area (TPSA) is 81.9 Å². The Morgan fingerprint density at radius 2 is 1.48 bits per heavy atom. The number of unbranched alkanes of at least 4 members (excludes halogenated alkanes) is 12. The molecule has 8 heteroatoms.